The minimum absolute atomic E-state index is 0.0603. The molecule has 5 aliphatic heterocycles. The lowest BCUT2D eigenvalue weighted by molar-refractivity contribution is -0.199. The Kier molecular flexibility index (Phi) is 3.87. The van der Waals surface area contributed by atoms with Gasteiger partial charge in [-0.15, -0.1) is 0 Å². The molecule has 1 fully saturated rings. The van der Waals surface area contributed by atoms with E-state index in [9.17, 15) is 4.79 Å². The third kappa shape index (κ3) is 2.22. The molecule has 2 aliphatic carbocycles. The van der Waals surface area contributed by atoms with E-state index >= 15 is 0 Å². The number of benzene rings is 1. The molecule has 8 rings (SSSR count). The first-order valence-corrected chi connectivity index (χ1v) is 12.7. The summed E-state index contributed by atoms with van der Waals surface area (Å²) in [4.78, 5) is 18.4. The first-order chi connectivity index (χ1) is 17.1. The molecule has 2 bridgehead atoms. The Balaban J connectivity index is 1.51. The summed E-state index contributed by atoms with van der Waals surface area (Å²) in [5.74, 6) is 0.363. The third-order valence-corrected chi connectivity index (χ3v) is 9.42. The maximum Gasteiger partial charge on any atom is 0.252 e. The number of ether oxygens (including phenoxy) is 2. The Morgan fingerprint density at radius 1 is 1.06 bits per heavy atom. The van der Waals surface area contributed by atoms with Crippen molar-refractivity contribution >= 4 is 17.3 Å². The van der Waals surface area contributed by atoms with E-state index < -0.39 is 5.72 Å². The van der Waals surface area contributed by atoms with Gasteiger partial charge in [0, 0.05) is 43.5 Å². The van der Waals surface area contributed by atoms with Crippen LogP contribution in [0.3, 0.4) is 0 Å². The fraction of sp³-hybridized carbons (Fsp3) is 0.464. The Morgan fingerprint density at radius 3 is 2.51 bits per heavy atom. The van der Waals surface area contributed by atoms with Crippen molar-refractivity contribution in [3.05, 3.63) is 70.9 Å². The highest BCUT2D eigenvalue weighted by Crippen LogP contribution is 2.64. The average molecular weight is 471 g/mol. The summed E-state index contributed by atoms with van der Waals surface area (Å²) in [5.41, 5.74) is 6.28. The van der Waals surface area contributed by atoms with Crippen molar-refractivity contribution < 1.29 is 14.3 Å². The van der Waals surface area contributed by atoms with Crippen LogP contribution in [0.4, 0.5) is 11.4 Å². The van der Waals surface area contributed by atoms with Gasteiger partial charge in [0.05, 0.1) is 29.0 Å². The zero-order chi connectivity index (χ0) is 23.6. The summed E-state index contributed by atoms with van der Waals surface area (Å²) in [6, 6.07) is 0.358. The molecule has 1 aromatic carbocycles. The molecule has 180 valence electrons. The van der Waals surface area contributed by atoms with E-state index in [4.69, 9.17) is 9.47 Å². The molecule has 1 amide bonds. The third-order valence-electron chi connectivity index (χ3n) is 9.42. The maximum atomic E-state index is 13.4. The summed E-state index contributed by atoms with van der Waals surface area (Å²) in [6.45, 7) is 2.79. The first kappa shape index (κ1) is 20.3. The van der Waals surface area contributed by atoms with Crippen molar-refractivity contribution in [1.29, 1.82) is 0 Å². The Labute approximate surface area is 205 Å². The molecule has 0 aromatic heterocycles. The molecule has 35 heavy (non-hydrogen) atoms. The van der Waals surface area contributed by atoms with Gasteiger partial charge >= 0.3 is 0 Å². The minimum atomic E-state index is -0.679. The number of allylic oxidation sites excluding steroid dienone is 4. The molecule has 0 saturated carbocycles. The van der Waals surface area contributed by atoms with Crippen LogP contribution in [0, 0.1) is 0 Å². The lowest BCUT2D eigenvalue weighted by Crippen LogP contribution is -2.70. The molecule has 2 N–H and O–H groups in total. The summed E-state index contributed by atoms with van der Waals surface area (Å²) in [5, 5.41) is 6.72. The highest BCUT2D eigenvalue weighted by Gasteiger charge is 2.63. The van der Waals surface area contributed by atoms with Crippen molar-refractivity contribution in [3.63, 3.8) is 0 Å². The molecule has 0 spiro atoms. The maximum absolute atomic E-state index is 13.4. The number of likely N-dealkylation sites (N-methyl/N-ethyl adjacent to an activating group) is 1. The van der Waals surface area contributed by atoms with Gasteiger partial charge in [0.25, 0.3) is 5.91 Å². The highest BCUT2D eigenvalue weighted by atomic mass is 16.6. The molecule has 5 heterocycles. The Bertz CT molecular complexity index is 1300. The normalized spacial score (nSPS) is 40.4. The summed E-state index contributed by atoms with van der Waals surface area (Å²) >= 11 is 0. The summed E-state index contributed by atoms with van der Waals surface area (Å²) in [7, 11) is 3.82. The number of rotatable bonds is 2. The molecular formula is C28H30N4O3. The Morgan fingerprint density at radius 2 is 1.77 bits per heavy atom. The van der Waals surface area contributed by atoms with Gasteiger partial charge in [-0.3, -0.25) is 4.79 Å². The van der Waals surface area contributed by atoms with Crippen molar-refractivity contribution in [2.75, 3.05) is 24.0 Å². The topological polar surface area (TPSA) is 66.1 Å². The van der Waals surface area contributed by atoms with Crippen molar-refractivity contribution in [2.24, 2.45) is 0 Å². The fourth-order valence-electron chi connectivity index (χ4n) is 8.21. The van der Waals surface area contributed by atoms with E-state index in [0.29, 0.717) is 6.54 Å². The number of nitrogens with one attached hydrogen (secondary N) is 2. The van der Waals surface area contributed by atoms with Gasteiger partial charge in [0.2, 0.25) is 0 Å². The van der Waals surface area contributed by atoms with Crippen molar-refractivity contribution in [3.8, 4) is 0 Å². The molecule has 7 aliphatic rings. The van der Waals surface area contributed by atoms with E-state index in [1.807, 2.05) is 7.05 Å². The SMILES string of the molecule is CN[C@@H]1C[C@H]2O[C@@](C)([C@@H]1OC)N1c3c(c4c(c5c3N2[C@@H]2C=CC=C[C@@H]52)C(=O)NC4)[C@@H]2C=CC=C[C@H]21. The molecule has 1 saturated heterocycles. The first-order valence-electron chi connectivity index (χ1n) is 12.7. The van der Waals surface area contributed by atoms with Gasteiger partial charge in [0.1, 0.15) is 12.3 Å². The second-order valence-corrected chi connectivity index (χ2v) is 10.8. The number of carbonyl (C=O) groups is 1. The molecule has 7 heteroatoms. The fourth-order valence-corrected chi connectivity index (χ4v) is 8.21. The van der Waals surface area contributed by atoms with Crippen LogP contribution in [-0.2, 0) is 16.0 Å². The van der Waals surface area contributed by atoms with E-state index in [-0.39, 0.29) is 48.2 Å². The molecule has 1 aromatic rings. The molecule has 0 radical (unpaired) electrons. The number of anilines is 2. The van der Waals surface area contributed by atoms with Crippen LogP contribution < -0.4 is 20.4 Å². The number of hydrogen-bond donors (Lipinski definition) is 2. The zero-order valence-corrected chi connectivity index (χ0v) is 20.2. The van der Waals surface area contributed by atoms with Crippen LogP contribution in [-0.4, -0.2) is 56.2 Å². The molecule has 8 atom stereocenters. The number of fused-ring (bicyclic) bond motifs is 13. The van der Waals surface area contributed by atoms with E-state index in [2.05, 4.69) is 76.0 Å². The van der Waals surface area contributed by atoms with Crippen LogP contribution in [0.25, 0.3) is 0 Å². The van der Waals surface area contributed by atoms with Gasteiger partial charge < -0.3 is 29.9 Å². The number of amides is 1. The second kappa shape index (κ2) is 6.66. The van der Waals surface area contributed by atoms with Crippen LogP contribution >= 0.6 is 0 Å². The molecular weight excluding hydrogens is 440 g/mol. The van der Waals surface area contributed by atoms with Gasteiger partial charge in [-0.25, -0.2) is 0 Å². The monoisotopic (exact) mass is 470 g/mol. The summed E-state index contributed by atoms with van der Waals surface area (Å²) < 4.78 is 13.4. The number of nitrogens with zero attached hydrogens (tertiary/aromatic N) is 2. The molecule has 7 nitrogen and oxygen atoms in total. The van der Waals surface area contributed by atoms with Gasteiger partial charge in [0.15, 0.2) is 5.72 Å². The average Bonchev–Trinajstić information content (AvgIpc) is 3.51. The lowest BCUT2D eigenvalue weighted by atomic mass is 9.82. The van der Waals surface area contributed by atoms with Gasteiger partial charge in [-0.05, 0) is 25.1 Å². The van der Waals surface area contributed by atoms with E-state index in [1.54, 1.807) is 7.11 Å². The standard InChI is InChI=1S/C28H30N4O3/c1-28-26(34-3)17(29-2)12-20(35-28)31-18-10-6-4-8-14(18)22-23-16(13-30-27(23)33)21-15-9-5-7-11-19(15)32(28)25(21)24(22)31/h4-11,14-15,17-20,26,29H,12-13H2,1-3H3,(H,30,33)/t14-,15-,17-,18-,19-,20-,26-,28+/m1/s1. The quantitative estimate of drug-likeness (QED) is 0.693. The predicted octanol–water partition coefficient (Wildman–Crippen LogP) is 2.81. The minimum Gasteiger partial charge on any atom is -0.375 e. The van der Waals surface area contributed by atoms with Crippen molar-refractivity contribution in [1.82, 2.24) is 10.6 Å². The van der Waals surface area contributed by atoms with Gasteiger partial charge in [-0.2, -0.15) is 0 Å². The smallest absolute Gasteiger partial charge is 0.252 e. The number of methoxy groups -OCH3 is 1. The lowest BCUT2D eigenvalue weighted by Gasteiger charge is -2.54. The van der Waals surface area contributed by atoms with E-state index in [1.165, 1.54) is 28.1 Å². The highest BCUT2D eigenvalue weighted by molar-refractivity contribution is 6.06. The van der Waals surface area contributed by atoms with Crippen molar-refractivity contribution in [2.45, 2.75) is 67.9 Å². The van der Waals surface area contributed by atoms with Gasteiger partial charge in [-0.1, -0.05) is 48.6 Å². The summed E-state index contributed by atoms with van der Waals surface area (Å²) in [6.07, 6.45) is 18.2. The zero-order valence-electron chi connectivity index (χ0n) is 20.2. The van der Waals surface area contributed by atoms with Crippen LogP contribution in [0.1, 0.15) is 52.2 Å². The Hall–Kier alpha value is -2.87. The van der Waals surface area contributed by atoms with E-state index in [0.717, 1.165) is 12.0 Å². The van der Waals surface area contributed by atoms with Crippen LogP contribution in [0.2, 0.25) is 0 Å². The molecule has 0 unspecified atom stereocenters. The number of hydrogen-bond acceptors (Lipinski definition) is 6. The predicted molar refractivity (Wildman–Crippen MR) is 134 cm³/mol. The largest absolute Gasteiger partial charge is 0.375 e. The number of carbonyl (C=O) groups excluding carboxylic acids is 1. The second-order valence-electron chi connectivity index (χ2n) is 10.8. The van der Waals surface area contributed by atoms with Crippen LogP contribution in [0.5, 0.6) is 0 Å². The van der Waals surface area contributed by atoms with Crippen LogP contribution in [0.15, 0.2) is 48.6 Å².